The first-order chi connectivity index (χ1) is 10.2. The number of carbonyl (C=O) groups excluding carboxylic acids is 2. The van der Waals surface area contributed by atoms with E-state index < -0.39 is 5.97 Å². The standard InChI is InChI=1S/C15H26N4O3/c1-6-22-13(20)12(10(2)16)11-9-19(8-7-17-11)14(21)18-15(3,4)5/h6-9,16H2,1-5H3,(H,18,21). The van der Waals surface area contributed by atoms with Gasteiger partial charge in [-0.25, -0.2) is 9.59 Å². The molecule has 0 aromatic heterocycles. The van der Waals surface area contributed by atoms with Crippen LogP contribution >= 0.6 is 0 Å². The van der Waals surface area contributed by atoms with E-state index in [1.54, 1.807) is 18.7 Å². The Morgan fingerprint density at radius 2 is 2.05 bits per heavy atom. The maximum Gasteiger partial charge on any atom is 0.341 e. The van der Waals surface area contributed by atoms with Crippen LogP contribution in [0.2, 0.25) is 0 Å². The van der Waals surface area contributed by atoms with Crippen molar-refractivity contribution in [1.29, 1.82) is 0 Å². The van der Waals surface area contributed by atoms with Gasteiger partial charge in [0.15, 0.2) is 0 Å². The van der Waals surface area contributed by atoms with Gasteiger partial charge in [-0.15, -0.1) is 0 Å². The highest BCUT2D eigenvalue weighted by molar-refractivity contribution is 6.21. The monoisotopic (exact) mass is 310 g/mol. The minimum atomic E-state index is -0.501. The average Bonchev–Trinajstić information content (AvgIpc) is 2.37. The van der Waals surface area contributed by atoms with E-state index in [2.05, 4.69) is 10.3 Å². The molecule has 1 heterocycles. The molecule has 2 amide bonds. The number of nitrogens with two attached hydrogens (primary N) is 1. The Hall–Kier alpha value is -2.05. The molecule has 0 atom stereocenters. The van der Waals surface area contributed by atoms with Crippen LogP contribution in [0, 0.1) is 0 Å². The lowest BCUT2D eigenvalue weighted by Crippen LogP contribution is -2.52. The van der Waals surface area contributed by atoms with Crippen LogP contribution in [-0.2, 0) is 9.53 Å². The fraction of sp³-hybridized carbons (Fsp3) is 0.667. The van der Waals surface area contributed by atoms with Crippen LogP contribution in [0.1, 0.15) is 34.6 Å². The summed E-state index contributed by atoms with van der Waals surface area (Å²) in [5.41, 5.74) is 6.57. The number of carbonyl (C=O) groups is 2. The van der Waals surface area contributed by atoms with E-state index >= 15 is 0 Å². The van der Waals surface area contributed by atoms with E-state index in [0.717, 1.165) is 0 Å². The second-order valence-electron chi connectivity index (χ2n) is 6.21. The Morgan fingerprint density at radius 1 is 1.41 bits per heavy atom. The van der Waals surface area contributed by atoms with Gasteiger partial charge in [-0.2, -0.15) is 0 Å². The Labute approximate surface area is 131 Å². The SMILES string of the molecule is CCOC(=O)C(C1=NCCN(C(=O)NC(C)(C)C)C1)=C(C)N. The molecule has 0 aromatic rings. The van der Waals surface area contributed by atoms with Crippen molar-refractivity contribution in [1.82, 2.24) is 10.2 Å². The van der Waals surface area contributed by atoms with Gasteiger partial charge >= 0.3 is 12.0 Å². The minimum Gasteiger partial charge on any atom is -0.462 e. The van der Waals surface area contributed by atoms with Crippen LogP contribution in [0.3, 0.4) is 0 Å². The molecule has 0 unspecified atom stereocenters. The van der Waals surface area contributed by atoms with Gasteiger partial charge in [0.2, 0.25) is 0 Å². The smallest absolute Gasteiger partial charge is 0.341 e. The Morgan fingerprint density at radius 3 is 2.55 bits per heavy atom. The summed E-state index contributed by atoms with van der Waals surface area (Å²) in [5.74, 6) is -0.501. The number of hydrogen-bond acceptors (Lipinski definition) is 5. The highest BCUT2D eigenvalue weighted by atomic mass is 16.5. The van der Waals surface area contributed by atoms with Crippen LogP contribution in [-0.4, -0.2) is 54.4 Å². The Bertz CT molecular complexity index is 499. The van der Waals surface area contributed by atoms with E-state index in [1.807, 2.05) is 20.8 Å². The molecule has 0 saturated carbocycles. The maximum atomic E-state index is 12.2. The Kier molecular flexibility index (Phi) is 5.96. The second-order valence-corrected chi connectivity index (χ2v) is 6.21. The van der Waals surface area contributed by atoms with Gasteiger partial charge < -0.3 is 20.7 Å². The summed E-state index contributed by atoms with van der Waals surface area (Å²) in [4.78, 5) is 30.2. The summed E-state index contributed by atoms with van der Waals surface area (Å²) in [5, 5.41) is 2.90. The number of nitrogens with zero attached hydrogens (tertiary/aromatic N) is 2. The minimum absolute atomic E-state index is 0.183. The number of ether oxygens (including phenoxy) is 1. The highest BCUT2D eigenvalue weighted by Crippen LogP contribution is 2.12. The van der Waals surface area contributed by atoms with Crippen LogP contribution in [0.25, 0.3) is 0 Å². The molecule has 7 heteroatoms. The molecule has 0 saturated heterocycles. The topological polar surface area (TPSA) is 97.0 Å². The summed E-state index contributed by atoms with van der Waals surface area (Å²) in [6.07, 6.45) is 0. The molecule has 0 aromatic carbocycles. The molecule has 1 aliphatic rings. The predicted octanol–water partition coefficient (Wildman–Crippen LogP) is 1.05. The molecule has 124 valence electrons. The first-order valence-electron chi connectivity index (χ1n) is 7.40. The number of nitrogens with one attached hydrogen (secondary N) is 1. The number of aliphatic imine (C=N–C) groups is 1. The number of allylic oxidation sites excluding steroid dienone is 1. The van der Waals surface area contributed by atoms with Crippen LogP contribution in [0.5, 0.6) is 0 Å². The maximum absolute atomic E-state index is 12.2. The van der Waals surface area contributed by atoms with Gasteiger partial charge in [0, 0.05) is 17.8 Å². The molecular formula is C15H26N4O3. The zero-order chi connectivity index (χ0) is 16.9. The number of esters is 1. The van der Waals surface area contributed by atoms with Crippen molar-refractivity contribution in [2.45, 2.75) is 40.2 Å². The summed E-state index contributed by atoms with van der Waals surface area (Å²) in [6, 6.07) is -0.183. The predicted molar refractivity (Wildman–Crippen MR) is 85.7 cm³/mol. The summed E-state index contributed by atoms with van der Waals surface area (Å²) >= 11 is 0. The number of urea groups is 1. The van der Waals surface area contributed by atoms with Crippen LogP contribution < -0.4 is 11.1 Å². The zero-order valence-corrected chi connectivity index (χ0v) is 14.0. The lowest BCUT2D eigenvalue weighted by Gasteiger charge is -2.31. The first-order valence-corrected chi connectivity index (χ1v) is 7.40. The van der Waals surface area contributed by atoms with Gasteiger partial charge in [0.05, 0.1) is 25.4 Å². The zero-order valence-electron chi connectivity index (χ0n) is 14.0. The third-order valence-electron chi connectivity index (χ3n) is 2.94. The molecule has 1 aliphatic heterocycles. The summed E-state index contributed by atoms with van der Waals surface area (Å²) in [6.45, 7) is 10.5. The van der Waals surface area contributed by atoms with E-state index in [4.69, 9.17) is 10.5 Å². The molecule has 0 bridgehead atoms. The third kappa shape index (κ3) is 5.05. The lowest BCUT2D eigenvalue weighted by molar-refractivity contribution is -0.137. The lowest BCUT2D eigenvalue weighted by atomic mass is 10.1. The summed E-state index contributed by atoms with van der Waals surface area (Å²) < 4.78 is 5.02. The fourth-order valence-electron chi connectivity index (χ4n) is 2.06. The first kappa shape index (κ1) is 18.0. The van der Waals surface area contributed by atoms with Crippen molar-refractivity contribution < 1.29 is 14.3 Å². The summed E-state index contributed by atoms with van der Waals surface area (Å²) in [7, 11) is 0. The van der Waals surface area contributed by atoms with Crippen molar-refractivity contribution in [3.05, 3.63) is 11.3 Å². The van der Waals surface area contributed by atoms with Crippen molar-refractivity contribution in [3.63, 3.8) is 0 Å². The van der Waals surface area contributed by atoms with Crippen molar-refractivity contribution >= 4 is 17.7 Å². The van der Waals surface area contributed by atoms with Crippen LogP contribution in [0.15, 0.2) is 16.3 Å². The second kappa shape index (κ2) is 7.29. The van der Waals surface area contributed by atoms with Gasteiger partial charge in [-0.05, 0) is 34.6 Å². The van der Waals surface area contributed by atoms with Gasteiger partial charge in [-0.1, -0.05) is 0 Å². The van der Waals surface area contributed by atoms with E-state index in [0.29, 0.717) is 24.5 Å². The van der Waals surface area contributed by atoms with Crippen molar-refractivity contribution in [2.75, 3.05) is 26.2 Å². The number of amides is 2. The molecular weight excluding hydrogens is 284 g/mol. The molecule has 0 fully saturated rings. The normalized spacial score (nSPS) is 16.6. The largest absolute Gasteiger partial charge is 0.462 e. The van der Waals surface area contributed by atoms with E-state index in [9.17, 15) is 9.59 Å². The highest BCUT2D eigenvalue weighted by Gasteiger charge is 2.28. The molecule has 0 radical (unpaired) electrons. The quantitative estimate of drug-likeness (QED) is 0.601. The Balaban J connectivity index is 2.89. The molecule has 7 nitrogen and oxygen atoms in total. The van der Waals surface area contributed by atoms with E-state index in [-0.39, 0.29) is 30.3 Å². The van der Waals surface area contributed by atoms with Gasteiger partial charge in [0.1, 0.15) is 5.57 Å². The average molecular weight is 310 g/mol. The number of rotatable bonds is 3. The molecule has 1 rings (SSSR count). The fourth-order valence-corrected chi connectivity index (χ4v) is 2.06. The third-order valence-corrected chi connectivity index (χ3v) is 2.94. The molecule has 3 N–H and O–H groups in total. The van der Waals surface area contributed by atoms with Gasteiger partial charge in [0.25, 0.3) is 0 Å². The van der Waals surface area contributed by atoms with Crippen LogP contribution in [0.4, 0.5) is 4.79 Å². The van der Waals surface area contributed by atoms with E-state index in [1.165, 1.54) is 0 Å². The number of hydrogen-bond donors (Lipinski definition) is 2. The molecule has 22 heavy (non-hydrogen) atoms. The van der Waals surface area contributed by atoms with Crippen molar-refractivity contribution in [3.8, 4) is 0 Å². The van der Waals surface area contributed by atoms with Gasteiger partial charge in [-0.3, -0.25) is 4.99 Å². The van der Waals surface area contributed by atoms with Crippen molar-refractivity contribution in [2.24, 2.45) is 10.7 Å². The molecule has 0 aliphatic carbocycles. The molecule has 0 spiro atoms.